The van der Waals surface area contributed by atoms with E-state index in [0.29, 0.717) is 5.69 Å². The quantitative estimate of drug-likeness (QED) is 0.745. The van der Waals surface area contributed by atoms with Gasteiger partial charge in [-0.3, -0.25) is 4.79 Å². The topological polar surface area (TPSA) is 83.5 Å². The Balaban J connectivity index is 1.72. The summed E-state index contributed by atoms with van der Waals surface area (Å²) in [5.41, 5.74) is 2.34. The van der Waals surface area contributed by atoms with Gasteiger partial charge in [0, 0.05) is 5.69 Å². The third-order valence-electron chi connectivity index (χ3n) is 6.09. The van der Waals surface area contributed by atoms with Gasteiger partial charge in [-0.1, -0.05) is 45.9 Å². The molecule has 2 aromatic carbocycles. The molecule has 1 unspecified atom stereocenters. The maximum atomic E-state index is 12.5. The predicted molar refractivity (Wildman–Crippen MR) is 119 cm³/mol. The van der Waals surface area contributed by atoms with Crippen LogP contribution in [0.4, 0.5) is 5.69 Å². The monoisotopic (exact) mass is 429 g/mol. The minimum Gasteiger partial charge on any atom is -0.385 e. The number of rotatable bonds is 5. The molecule has 0 saturated carbocycles. The zero-order chi connectivity index (χ0) is 22.2. The summed E-state index contributed by atoms with van der Waals surface area (Å²) in [7, 11) is -3.24. The van der Waals surface area contributed by atoms with Crippen LogP contribution in [-0.2, 0) is 33.1 Å². The molecule has 162 valence electrons. The lowest BCUT2D eigenvalue weighted by Crippen LogP contribution is -2.42. The van der Waals surface area contributed by atoms with Gasteiger partial charge in [0.2, 0.25) is 5.91 Å². The van der Waals surface area contributed by atoms with Gasteiger partial charge >= 0.3 is 0 Å². The van der Waals surface area contributed by atoms with E-state index >= 15 is 0 Å². The molecule has 1 atom stereocenters. The van der Waals surface area contributed by atoms with Crippen LogP contribution in [0.1, 0.15) is 57.2 Å². The number of aryl methyl sites for hydroxylation is 1. The van der Waals surface area contributed by atoms with Crippen LogP contribution in [0.3, 0.4) is 0 Å². The number of aliphatic hydroxyl groups is 1. The number of hydrogen-bond donors (Lipinski definition) is 2. The zero-order valence-electron chi connectivity index (χ0n) is 18.2. The van der Waals surface area contributed by atoms with E-state index in [1.165, 1.54) is 0 Å². The number of fused-ring (bicyclic) bond motifs is 1. The molecular formula is C24H31NO4S. The first kappa shape index (κ1) is 22.5. The van der Waals surface area contributed by atoms with Crippen molar-refractivity contribution in [2.45, 2.75) is 63.9 Å². The molecule has 0 aliphatic heterocycles. The summed E-state index contributed by atoms with van der Waals surface area (Å²) in [6.45, 7) is 7.76. The summed E-state index contributed by atoms with van der Waals surface area (Å²) < 4.78 is 23.8. The predicted octanol–water partition coefficient (Wildman–Crippen LogP) is 4.23. The highest BCUT2D eigenvalue weighted by molar-refractivity contribution is 7.91. The van der Waals surface area contributed by atoms with Crippen LogP contribution >= 0.6 is 0 Å². The van der Waals surface area contributed by atoms with E-state index in [4.69, 9.17) is 0 Å². The SMILES string of the molecule is CCS(=O)(=O)c1ccc(CC(=O)Nc2ccc3c(c2)CCCC3(O)C(C)(C)C)cc1. The molecule has 0 radical (unpaired) electrons. The molecule has 1 aliphatic carbocycles. The van der Waals surface area contributed by atoms with E-state index in [-0.39, 0.29) is 28.4 Å². The number of nitrogens with one attached hydrogen (secondary N) is 1. The normalized spacial score (nSPS) is 19.2. The molecule has 5 nitrogen and oxygen atoms in total. The molecule has 0 spiro atoms. The van der Waals surface area contributed by atoms with Crippen molar-refractivity contribution in [2.75, 3.05) is 11.1 Å². The number of anilines is 1. The van der Waals surface area contributed by atoms with Gasteiger partial charge in [0.1, 0.15) is 0 Å². The number of sulfone groups is 1. The van der Waals surface area contributed by atoms with Crippen LogP contribution < -0.4 is 5.32 Å². The summed E-state index contributed by atoms with van der Waals surface area (Å²) in [6, 6.07) is 12.2. The van der Waals surface area contributed by atoms with Gasteiger partial charge in [-0.2, -0.15) is 0 Å². The first-order chi connectivity index (χ1) is 14.0. The summed E-state index contributed by atoms with van der Waals surface area (Å²) >= 11 is 0. The second kappa shape index (κ2) is 8.16. The highest BCUT2D eigenvalue weighted by atomic mass is 32.2. The van der Waals surface area contributed by atoms with Gasteiger partial charge in [0.25, 0.3) is 0 Å². The van der Waals surface area contributed by atoms with Crippen molar-refractivity contribution in [3.8, 4) is 0 Å². The third-order valence-corrected chi connectivity index (χ3v) is 7.84. The van der Waals surface area contributed by atoms with Crippen LogP contribution in [0.15, 0.2) is 47.4 Å². The molecule has 6 heteroatoms. The van der Waals surface area contributed by atoms with Crippen LogP contribution in [0.25, 0.3) is 0 Å². The summed E-state index contributed by atoms with van der Waals surface area (Å²) in [5, 5.41) is 14.2. The Hall–Kier alpha value is -2.18. The largest absolute Gasteiger partial charge is 0.385 e. The van der Waals surface area contributed by atoms with Crippen molar-refractivity contribution < 1.29 is 18.3 Å². The maximum absolute atomic E-state index is 12.5. The summed E-state index contributed by atoms with van der Waals surface area (Å²) in [6.07, 6.45) is 2.68. The molecule has 1 amide bonds. The first-order valence-electron chi connectivity index (χ1n) is 10.4. The minimum absolute atomic E-state index is 0.0511. The lowest BCUT2D eigenvalue weighted by molar-refractivity contribution is -0.115. The Morgan fingerprint density at radius 1 is 1.13 bits per heavy atom. The van der Waals surface area contributed by atoms with Gasteiger partial charge in [-0.25, -0.2) is 8.42 Å². The van der Waals surface area contributed by atoms with Gasteiger partial charge in [-0.05, 0) is 65.6 Å². The highest BCUT2D eigenvalue weighted by Gasteiger charge is 2.44. The Kier molecular flexibility index (Phi) is 6.12. The average Bonchev–Trinajstić information content (AvgIpc) is 2.67. The van der Waals surface area contributed by atoms with E-state index in [1.54, 1.807) is 31.2 Å². The van der Waals surface area contributed by atoms with Crippen molar-refractivity contribution >= 4 is 21.4 Å². The third kappa shape index (κ3) is 4.44. The second-order valence-corrected chi connectivity index (χ2v) is 11.4. The number of hydrogen-bond acceptors (Lipinski definition) is 4. The first-order valence-corrected chi connectivity index (χ1v) is 12.1. The van der Waals surface area contributed by atoms with Crippen molar-refractivity contribution in [2.24, 2.45) is 5.41 Å². The molecule has 2 aromatic rings. The molecule has 1 aliphatic rings. The van der Waals surface area contributed by atoms with E-state index in [0.717, 1.165) is 36.0 Å². The summed E-state index contributed by atoms with van der Waals surface area (Å²) in [5.74, 6) is -0.113. The highest BCUT2D eigenvalue weighted by Crippen LogP contribution is 2.47. The number of amides is 1. The zero-order valence-corrected chi connectivity index (χ0v) is 19.0. The smallest absolute Gasteiger partial charge is 0.228 e. The van der Waals surface area contributed by atoms with Crippen molar-refractivity contribution in [1.82, 2.24) is 0 Å². The Morgan fingerprint density at radius 3 is 2.40 bits per heavy atom. The van der Waals surface area contributed by atoms with Crippen LogP contribution in [0.5, 0.6) is 0 Å². The molecule has 0 fully saturated rings. The number of carbonyl (C=O) groups excluding carboxylic acids is 1. The fourth-order valence-electron chi connectivity index (χ4n) is 4.10. The van der Waals surface area contributed by atoms with Crippen molar-refractivity contribution in [1.29, 1.82) is 0 Å². The van der Waals surface area contributed by atoms with E-state index in [9.17, 15) is 18.3 Å². The Bertz CT molecular complexity index is 1040. The van der Waals surface area contributed by atoms with E-state index in [1.807, 2.05) is 18.2 Å². The standard InChI is InChI=1S/C24H31NO4S/c1-5-30(28,29)20-11-8-17(9-12-20)15-22(26)25-19-10-13-21-18(16-19)7-6-14-24(21,27)23(2,3)4/h8-13,16,27H,5-7,14-15H2,1-4H3,(H,25,26). The molecule has 0 aromatic heterocycles. The van der Waals surface area contributed by atoms with Crippen molar-refractivity contribution in [3.05, 3.63) is 59.2 Å². The number of carbonyl (C=O) groups is 1. The van der Waals surface area contributed by atoms with Crippen molar-refractivity contribution in [3.63, 3.8) is 0 Å². The van der Waals surface area contributed by atoms with E-state index in [2.05, 4.69) is 26.1 Å². The summed E-state index contributed by atoms with van der Waals surface area (Å²) in [4.78, 5) is 12.8. The number of benzene rings is 2. The molecular weight excluding hydrogens is 398 g/mol. The minimum atomic E-state index is -3.24. The van der Waals surface area contributed by atoms with Crippen LogP contribution in [-0.4, -0.2) is 25.2 Å². The van der Waals surface area contributed by atoms with Gasteiger partial charge in [0.05, 0.1) is 22.7 Å². The fourth-order valence-corrected chi connectivity index (χ4v) is 4.99. The van der Waals surface area contributed by atoms with Gasteiger partial charge < -0.3 is 10.4 Å². The second-order valence-electron chi connectivity index (χ2n) is 9.11. The average molecular weight is 430 g/mol. The Labute approximate surface area is 179 Å². The molecule has 3 rings (SSSR count). The van der Waals surface area contributed by atoms with E-state index < -0.39 is 15.4 Å². The molecule has 0 saturated heterocycles. The van der Waals surface area contributed by atoms with Crippen LogP contribution in [0.2, 0.25) is 0 Å². The molecule has 0 heterocycles. The molecule has 0 bridgehead atoms. The maximum Gasteiger partial charge on any atom is 0.228 e. The fraction of sp³-hybridized carbons (Fsp3) is 0.458. The van der Waals surface area contributed by atoms with Crippen LogP contribution in [0, 0.1) is 5.41 Å². The molecule has 30 heavy (non-hydrogen) atoms. The van der Waals surface area contributed by atoms with Gasteiger partial charge in [0.15, 0.2) is 9.84 Å². The van der Waals surface area contributed by atoms with Gasteiger partial charge in [-0.15, -0.1) is 0 Å². The Morgan fingerprint density at radius 2 is 1.80 bits per heavy atom. The molecule has 2 N–H and O–H groups in total. The lowest BCUT2D eigenvalue weighted by Gasteiger charge is -2.44. The lowest BCUT2D eigenvalue weighted by atomic mass is 9.65.